The van der Waals surface area contributed by atoms with Gasteiger partial charge in [-0.3, -0.25) is 11.3 Å². The van der Waals surface area contributed by atoms with Crippen LogP contribution in [0.4, 0.5) is 4.39 Å². The Bertz CT molecular complexity index is 357. The molecule has 0 saturated carbocycles. The lowest BCUT2D eigenvalue weighted by Crippen LogP contribution is -2.39. The number of rotatable bonds is 6. The normalized spacial score (nSPS) is 14.6. The molecule has 3 nitrogen and oxygen atoms in total. The van der Waals surface area contributed by atoms with Crippen molar-refractivity contribution in [3.63, 3.8) is 0 Å². The van der Waals surface area contributed by atoms with E-state index < -0.39 is 0 Å². The summed E-state index contributed by atoms with van der Waals surface area (Å²) in [6, 6.07) is 4.97. The predicted octanol–water partition coefficient (Wildman–Crippen LogP) is 1.93. The maximum absolute atomic E-state index is 13.0. The van der Waals surface area contributed by atoms with E-state index in [0.29, 0.717) is 0 Å². The average molecular weight is 240 g/mol. The fraction of sp³-hybridized carbons (Fsp3) is 0.538. The molecule has 0 radical (unpaired) electrons. The molecule has 0 saturated heterocycles. The number of halogens is 1. The van der Waals surface area contributed by atoms with Crippen LogP contribution in [0, 0.1) is 12.7 Å². The molecule has 0 aliphatic carbocycles. The number of benzene rings is 1. The summed E-state index contributed by atoms with van der Waals surface area (Å²) in [6.45, 7) is 3.91. The molecule has 0 aromatic heterocycles. The highest BCUT2D eigenvalue weighted by atomic mass is 19.1. The number of ether oxygens (including phenoxy) is 1. The molecule has 96 valence electrons. The highest BCUT2D eigenvalue weighted by molar-refractivity contribution is 5.27. The summed E-state index contributed by atoms with van der Waals surface area (Å²) in [7, 11) is 1.68. The lowest BCUT2D eigenvalue weighted by atomic mass is 9.98. The van der Waals surface area contributed by atoms with E-state index in [1.165, 1.54) is 6.07 Å². The lowest BCUT2D eigenvalue weighted by Gasteiger charge is -2.20. The third-order valence-corrected chi connectivity index (χ3v) is 3.03. The number of methoxy groups -OCH3 is 1. The van der Waals surface area contributed by atoms with Crippen LogP contribution < -0.4 is 11.3 Å². The van der Waals surface area contributed by atoms with Crippen molar-refractivity contribution in [3.05, 3.63) is 35.1 Å². The Hall–Kier alpha value is -0.970. The summed E-state index contributed by atoms with van der Waals surface area (Å²) in [5.74, 6) is 5.32. The van der Waals surface area contributed by atoms with E-state index in [1.54, 1.807) is 13.2 Å². The van der Waals surface area contributed by atoms with Gasteiger partial charge in [0.05, 0.1) is 6.10 Å². The van der Waals surface area contributed by atoms with Gasteiger partial charge in [0.25, 0.3) is 0 Å². The van der Waals surface area contributed by atoms with Gasteiger partial charge < -0.3 is 4.74 Å². The second kappa shape index (κ2) is 6.69. The van der Waals surface area contributed by atoms with E-state index in [0.717, 1.165) is 24.0 Å². The minimum absolute atomic E-state index is 0.133. The smallest absolute Gasteiger partial charge is 0.123 e. The van der Waals surface area contributed by atoms with Crippen LogP contribution in [0.3, 0.4) is 0 Å². The third-order valence-electron chi connectivity index (χ3n) is 3.03. The summed E-state index contributed by atoms with van der Waals surface area (Å²) < 4.78 is 18.2. The maximum atomic E-state index is 13.0. The molecule has 0 fully saturated rings. The Labute approximate surface area is 102 Å². The molecule has 17 heavy (non-hydrogen) atoms. The fourth-order valence-electron chi connectivity index (χ4n) is 1.86. The Morgan fingerprint density at radius 1 is 1.47 bits per heavy atom. The zero-order valence-electron chi connectivity index (χ0n) is 10.7. The fourth-order valence-corrected chi connectivity index (χ4v) is 1.86. The molecule has 4 heteroatoms. The molecular weight excluding hydrogens is 219 g/mol. The first-order chi connectivity index (χ1) is 8.06. The molecule has 2 atom stereocenters. The number of hydrogen-bond acceptors (Lipinski definition) is 3. The van der Waals surface area contributed by atoms with Crippen molar-refractivity contribution in [2.75, 3.05) is 7.11 Å². The van der Waals surface area contributed by atoms with Gasteiger partial charge in [-0.15, -0.1) is 0 Å². The number of nitrogens with one attached hydrogen (secondary N) is 1. The summed E-state index contributed by atoms with van der Waals surface area (Å²) in [4.78, 5) is 0. The van der Waals surface area contributed by atoms with E-state index in [9.17, 15) is 4.39 Å². The van der Waals surface area contributed by atoms with Crippen molar-refractivity contribution in [1.29, 1.82) is 0 Å². The van der Waals surface area contributed by atoms with Crippen molar-refractivity contribution >= 4 is 0 Å². The van der Waals surface area contributed by atoms with Gasteiger partial charge in [-0.25, -0.2) is 4.39 Å². The van der Waals surface area contributed by atoms with Crippen LogP contribution in [0.5, 0.6) is 0 Å². The first-order valence-corrected chi connectivity index (χ1v) is 5.80. The molecule has 1 rings (SSSR count). The van der Waals surface area contributed by atoms with Crippen molar-refractivity contribution in [3.8, 4) is 0 Å². The van der Waals surface area contributed by atoms with Gasteiger partial charge >= 0.3 is 0 Å². The molecule has 0 aliphatic heterocycles. The van der Waals surface area contributed by atoms with Gasteiger partial charge in [0.2, 0.25) is 0 Å². The second-order valence-electron chi connectivity index (χ2n) is 4.42. The molecule has 0 aliphatic rings. The number of hydrazine groups is 1. The van der Waals surface area contributed by atoms with Crippen LogP contribution >= 0.6 is 0 Å². The lowest BCUT2D eigenvalue weighted by molar-refractivity contribution is 0.100. The van der Waals surface area contributed by atoms with Gasteiger partial charge in [-0.2, -0.15) is 0 Å². The molecule has 1 aromatic rings. The Balaban J connectivity index is 2.67. The van der Waals surface area contributed by atoms with Gasteiger partial charge in [-0.05, 0) is 49.9 Å². The Morgan fingerprint density at radius 3 is 2.71 bits per heavy atom. The van der Waals surface area contributed by atoms with E-state index in [4.69, 9.17) is 10.6 Å². The number of aryl methyl sites for hydroxylation is 1. The van der Waals surface area contributed by atoms with Gasteiger partial charge in [0.1, 0.15) is 5.82 Å². The van der Waals surface area contributed by atoms with Crippen molar-refractivity contribution in [2.45, 2.75) is 38.8 Å². The molecule has 0 amide bonds. The molecular formula is C13H21FN2O. The number of nitrogens with two attached hydrogens (primary N) is 1. The highest BCUT2D eigenvalue weighted by Crippen LogP contribution is 2.14. The van der Waals surface area contributed by atoms with Crippen LogP contribution in [-0.4, -0.2) is 19.3 Å². The predicted molar refractivity (Wildman–Crippen MR) is 67.0 cm³/mol. The molecule has 2 unspecified atom stereocenters. The minimum atomic E-state index is -0.200. The molecule has 0 bridgehead atoms. The van der Waals surface area contributed by atoms with Crippen LogP contribution in [-0.2, 0) is 11.2 Å². The van der Waals surface area contributed by atoms with Crippen molar-refractivity contribution < 1.29 is 9.13 Å². The third kappa shape index (κ3) is 4.42. The molecule has 0 heterocycles. The zero-order chi connectivity index (χ0) is 12.8. The van der Waals surface area contributed by atoms with Crippen molar-refractivity contribution in [2.24, 2.45) is 5.84 Å². The molecule has 0 spiro atoms. The summed E-state index contributed by atoms with van der Waals surface area (Å²) >= 11 is 0. The summed E-state index contributed by atoms with van der Waals surface area (Å²) in [6.07, 6.45) is 1.75. The van der Waals surface area contributed by atoms with Gasteiger partial charge in [-0.1, -0.05) is 6.07 Å². The topological polar surface area (TPSA) is 47.3 Å². The molecule has 3 N–H and O–H groups in total. The standard InChI is InChI=1S/C13H21FN2O/c1-9-6-12(14)5-4-11(9)8-13(16-15)7-10(2)17-3/h4-6,10,13,16H,7-8,15H2,1-3H3. The highest BCUT2D eigenvalue weighted by Gasteiger charge is 2.13. The second-order valence-corrected chi connectivity index (χ2v) is 4.42. The SMILES string of the molecule is COC(C)CC(Cc1ccc(F)cc1C)NN. The van der Waals surface area contributed by atoms with E-state index in [-0.39, 0.29) is 18.0 Å². The monoisotopic (exact) mass is 240 g/mol. The van der Waals surface area contributed by atoms with E-state index in [2.05, 4.69) is 5.43 Å². The van der Waals surface area contributed by atoms with E-state index >= 15 is 0 Å². The average Bonchev–Trinajstić information content (AvgIpc) is 2.31. The van der Waals surface area contributed by atoms with E-state index in [1.807, 2.05) is 19.9 Å². The van der Waals surface area contributed by atoms with Crippen LogP contribution in [0.1, 0.15) is 24.5 Å². The van der Waals surface area contributed by atoms with Gasteiger partial charge in [0, 0.05) is 13.2 Å². The number of hydrogen-bond donors (Lipinski definition) is 2. The first kappa shape index (κ1) is 14.1. The molecule has 1 aromatic carbocycles. The first-order valence-electron chi connectivity index (χ1n) is 5.80. The summed E-state index contributed by atoms with van der Waals surface area (Å²) in [5, 5.41) is 0. The van der Waals surface area contributed by atoms with Gasteiger partial charge in [0.15, 0.2) is 0 Å². The largest absolute Gasteiger partial charge is 0.382 e. The maximum Gasteiger partial charge on any atom is 0.123 e. The van der Waals surface area contributed by atoms with Crippen LogP contribution in [0.25, 0.3) is 0 Å². The minimum Gasteiger partial charge on any atom is -0.382 e. The Kier molecular flexibility index (Phi) is 5.55. The van der Waals surface area contributed by atoms with Crippen LogP contribution in [0.15, 0.2) is 18.2 Å². The van der Waals surface area contributed by atoms with Crippen LogP contribution in [0.2, 0.25) is 0 Å². The quantitative estimate of drug-likeness (QED) is 0.590. The van der Waals surface area contributed by atoms with Crippen molar-refractivity contribution in [1.82, 2.24) is 5.43 Å². The Morgan fingerprint density at radius 2 is 2.18 bits per heavy atom. The zero-order valence-corrected chi connectivity index (χ0v) is 10.7. The summed E-state index contributed by atoms with van der Waals surface area (Å²) in [5.41, 5.74) is 4.85.